The predicted octanol–water partition coefficient (Wildman–Crippen LogP) is 5.72. The second kappa shape index (κ2) is 19.5. The van der Waals surface area contributed by atoms with Crippen molar-refractivity contribution < 1.29 is 24.9 Å². The zero-order chi connectivity index (χ0) is 23.4. The first-order valence-corrected chi connectivity index (χ1v) is 12.7. The molecule has 31 heavy (non-hydrogen) atoms. The number of carbonyl (C=O) groups is 2. The van der Waals surface area contributed by atoms with Gasteiger partial charge in [0.25, 0.3) is 0 Å². The summed E-state index contributed by atoms with van der Waals surface area (Å²) in [7, 11) is 0. The van der Waals surface area contributed by atoms with Gasteiger partial charge in [-0.3, -0.25) is 9.59 Å². The molecule has 0 saturated heterocycles. The smallest absolute Gasteiger partial charge is 0.320 e. The van der Waals surface area contributed by atoms with E-state index in [-0.39, 0.29) is 13.0 Å². The quantitative estimate of drug-likeness (QED) is 0.138. The lowest BCUT2D eigenvalue weighted by Crippen LogP contribution is -2.36. The molecule has 0 aliphatic heterocycles. The Morgan fingerprint density at radius 1 is 0.645 bits per heavy atom. The van der Waals surface area contributed by atoms with Crippen LogP contribution in [0.4, 0.5) is 0 Å². The molecular formula is C25H49NO5. The zero-order valence-electron chi connectivity index (χ0n) is 20.2. The van der Waals surface area contributed by atoms with Crippen molar-refractivity contribution >= 4 is 11.9 Å². The maximum atomic E-state index is 11.2. The number of hydrogen-bond donors (Lipinski definition) is 3. The number of carboxylic acid groups (broad SMARTS) is 2. The van der Waals surface area contributed by atoms with Gasteiger partial charge >= 0.3 is 11.9 Å². The van der Waals surface area contributed by atoms with Crippen molar-refractivity contribution in [1.82, 2.24) is 4.90 Å². The van der Waals surface area contributed by atoms with Gasteiger partial charge in [0.1, 0.15) is 0 Å². The Bertz CT molecular complexity index is 441. The van der Waals surface area contributed by atoms with E-state index in [2.05, 4.69) is 11.8 Å². The molecule has 0 bridgehead atoms. The summed E-state index contributed by atoms with van der Waals surface area (Å²) in [6.07, 6.45) is 17.4. The fourth-order valence-corrected chi connectivity index (χ4v) is 3.90. The van der Waals surface area contributed by atoms with Gasteiger partial charge in [0.05, 0.1) is 0 Å². The van der Waals surface area contributed by atoms with Gasteiger partial charge in [-0.1, -0.05) is 71.1 Å². The molecule has 0 spiro atoms. The third kappa shape index (κ3) is 15.3. The van der Waals surface area contributed by atoms with Crippen molar-refractivity contribution in [2.24, 2.45) is 5.41 Å². The van der Waals surface area contributed by atoms with Gasteiger partial charge in [0, 0.05) is 6.61 Å². The van der Waals surface area contributed by atoms with Gasteiger partial charge < -0.3 is 20.2 Å². The molecule has 0 unspecified atom stereocenters. The number of hydrogen-bond acceptors (Lipinski definition) is 4. The molecular weight excluding hydrogens is 394 g/mol. The molecule has 0 aromatic heterocycles. The van der Waals surface area contributed by atoms with E-state index in [0.29, 0.717) is 6.42 Å². The van der Waals surface area contributed by atoms with E-state index in [1.165, 1.54) is 58.3 Å². The number of nitrogens with zero attached hydrogens (tertiary/aromatic N) is 1. The monoisotopic (exact) mass is 443 g/mol. The molecule has 0 fully saturated rings. The Hall–Kier alpha value is -1.14. The maximum Gasteiger partial charge on any atom is 0.320 e. The van der Waals surface area contributed by atoms with Crippen molar-refractivity contribution in [2.75, 3.05) is 26.2 Å². The molecule has 0 rings (SSSR count). The van der Waals surface area contributed by atoms with E-state index >= 15 is 0 Å². The summed E-state index contributed by atoms with van der Waals surface area (Å²) in [5.74, 6) is -2.50. The summed E-state index contributed by atoms with van der Waals surface area (Å²) in [6.45, 7) is 7.07. The Morgan fingerprint density at radius 3 is 1.45 bits per heavy atom. The van der Waals surface area contributed by atoms with Gasteiger partial charge in [0.15, 0.2) is 5.41 Å². The molecule has 0 aliphatic rings. The minimum atomic E-state index is -1.67. The Kier molecular flexibility index (Phi) is 18.8. The molecule has 0 aliphatic carbocycles. The van der Waals surface area contributed by atoms with Gasteiger partial charge in [-0.05, 0) is 65.1 Å². The van der Waals surface area contributed by atoms with Crippen LogP contribution in [0.25, 0.3) is 0 Å². The van der Waals surface area contributed by atoms with Gasteiger partial charge in [-0.2, -0.15) is 0 Å². The van der Waals surface area contributed by atoms with Crippen LogP contribution in [0.3, 0.4) is 0 Å². The van der Waals surface area contributed by atoms with Crippen LogP contribution in [0, 0.1) is 5.41 Å². The van der Waals surface area contributed by atoms with E-state index in [9.17, 15) is 19.8 Å². The minimum Gasteiger partial charge on any atom is -0.480 e. The Morgan fingerprint density at radius 2 is 1.03 bits per heavy atom. The molecule has 0 aromatic carbocycles. The van der Waals surface area contributed by atoms with Crippen LogP contribution < -0.4 is 0 Å². The average molecular weight is 444 g/mol. The molecule has 0 amide bonds. The third-order valence-corrected chi connectivity index (χ3v) is 6.31. The van der Waals surface area contributed by atoms with Crippen molar-refractivity contribution in [3.63, 3.8) is 0 Å². The summed E-state index contributed by atoms with van der Waals surface area (Å²) in [5, 5.41) is 27.3. The fourth-order valence-electron chi connectivity index (χ4n) is 3.90. The van der Waals surface area contributed by atoms with Crippen molar-refractivity contribution in [2.45, 2.75) is 117 Å². The molecule has 6 nitrogen and oxygen atoms in total. The van der Waals surface area contributed by atoms with E-state index in [0.717, 1.165) is 58.2 Å². The lowest BCUT2D eigenvalue weighted by Gasteiger charge is -2.23. The third-order valence-electron chi connectivity index (χ3n) is 6.31. The van der Waals surface area contributed by atoms with E-state index in [4.69, 9.17) is 5.11 Å². The summed E-state index contributed by atoms with van der Waals surface area (Å²) >= 11 is 0. The standard InChI is InChI=1S/C25H49NO5/c1-3-4-5-6-7-8-10-14-19-26(21-16-12-17-22-27)20-15-11-9-13-18-25(2,23(28)29)24(30)31/h27H,3-22H2,1-2H3,(H,28,29)(H,30,31). The molecule has 6 heteroatoms. The van der Waals surface area contributed by atoms with Crippen LogP contribution in [0.2, 0.25) is 0 Å². The number of aliphatic hydroxyl groups excluding tert-OH is 1. The van der Waals surface area contributed by atoms with Gasteiger partial charge in [-0.25, -0.2) is 0 Å². The number of aliphatic carboxylic acids is 2. The van der Waals surface area contributed by atoms with Crippen molar-refractivity contribution in [1.29, 1.82) is 0 Å². The Labute approximate surface area is 190 Å². The topological polar surface area (TPSA) is 98.1 Å². The lowest BCUT2D eigenvalue weighted by atomic mass is 9.85. The molecule has 0 radical (unpaired) electrons. The highest BCUT2D eigenvalue weighted by molar-refractivity contribution is 5.97. The number of carboxylic acids is 2. The highest BCUT2D eigenvalue weighted by Gasteiger charge is 2.40. The molecule has 0 saturated carbocycles. The van der Waals surface area contributed by atoms with E-state index in [1.807, 2.05) is 0 Å². The summed E-state index contributed by atoms with van der Waals surface area (Å²) in [5.41, 5.74) is -1.67. The highest BCUT2D eigenvalue weighted by atomic mass is 16.4. The largest absolute Gasteiger partial charge is 0.480 e. The van der Waals surface area contributed by atoms with Crippen molar-refractivity contribution in [3.05, 3.63) is 0 Å². The second-order valence-electron chi connectivity index (χ2n) is 9.21. The first-order chi connectivity index (χ1) is 14.9. The first kappa shape index (κ1) is 29.9. The number of aliphatic hydroxyl groups is 1. The fraction of sp³-hybridized carbons (Fsp3) is 0.920. The van der Waals surface area contributed by atoms with Gasteiger partial charge in [0.2, 0.25) is 0 Å². The molecule has 3 N–H and O–H groups in total. The molecule has 0 atom stereocenters. The summed E-state index contributed by atoms with van der Waals surface area (Å²) in [4.78, 5) is 25.0. The predicted molar refractivity (Wildman–Crippen MR) is 126 cm³/mol. The summed E-state index contributed by atoms with van der Waals surface area (Å²) < 4.78 is 0. The molecule has 184 valence electrons. The molecule has 0 heterocycles. The second-order valence-corrected chi connectivity index (χ2v) is 9.21. The highest BCUT2D eigenvalue weighted by Crippen LogP contribution is 2.25. The van der Waals surface area contributed by atoms with Crippen LogP contribution >= 0.6 is 0 Å². The molecule has 0 aromatic rings. The van der Waals surface area contributed by atoms with Crippen LogP contribution in [0.5, 0.6) is 0 Å². The van der Waals surface area contributed by atoms with Crippen LogP contribution in [-0.2, 0) is 9.59 Å². The van der Waals surface area contributed by atoms with Crippen molar-refractivity contribution in [3.8, 4) is 0 Å². The average Bonchev–Trinajstić information content (AvgIpc) is 2.74. The van der Waals surface area contributed by atoms with E-state index in [1.54, 1.807) is 0 Å². The van der Waals surface area contributed by atoms with Gasteiger partial charge in [-0.15, -0.1) is 0 Å². The SMILES string of the molecule is CCCCCCCCCCN(CCCCCO)CCCCCCC(C)(C(=O)O)C(=O)O. The maximum absolute atomic E-state index is 11.2. The Balaban J connectivity index is 4.07. The van der Waals surface area contributed by atoms with Crippen LogP contribution in [-0.4, -0.2) is 58.4 Å². The number of unbranched alkanes of at least 4 members (excludes halogenated alkanes) is 12. The van der Waals surface area contributed by atoms with E-state index < -0.39 is 17.4 Å². The van der Waals surface area contributed by atoms with Crippen LogP contribution in [0.15, 0.2) is 0 Å². The van der Waals surface area contributed by atoms with Crippen LogP contribution in [0.1, 0.15) is 117 Å². The number of rotatable bonds is 23. The minimum absolute atomic E-state index is 0.181. The normalized spacial score (nSPS) is 11.9. The first-order valence-electron chi connectivity index (χ1n) is 12.7. The lowest BCUT2D eigenvalue weighted by molar-refractivity contribution is -0.163. The zero-order valence-corrected chi connectivity index (χ0v) is 20.2. The summed E-state index contributed by atoms with van der Waals surface area (Å²) in [6, 6.07) is 0.